The van der Waals surface area contributed by atoms with Crippen molar-refractivity contribution in [1.29, 1.82) is 0 Å². The smallest absolute Gasteiger partial charge is 0.192 e. The van der Waals surface area contributed by atoms with Crippen molar-refractivity contribution in [1.82, 2.24) is 0 Å². The maximum absolute atomic E-state index is 10.9. The van der Waals surface area contributed by atoms with Gasteiger partial charge in [0.25, 0.3) is 0 Å². The summed E-state index contributed by atoms with van der Waals surface area (Å²) in [4.78, 5) is 0. The zero-order chi connectivity index (χ0) is 26.4. The average Bonchev–Trinajstić information content (AvgIpc) is 3.08. The molecule has 2 rings (SSSR count). The number of hydrogen-bond acceptors (Lipinski definition) is 6. The fourth-order valence-corrected chi connectivity index (χ4v) is 5.11. The molecule has 7 heteroatoms. The zero-order valence-corrected chi connectivity index (χ0v) is 24.3. The monoisotopic (exact) mass is 506 g/mol. The minimum absolute atomic E-state index is 0.0135. The largest absolute Gasteiger partial charge is 0.497 e. The van der Waals surface area contributed by atoms with Gasteiger partial charge in [0.2, 0.25) is 0 Å². The molecule has 1 aromatic carbocycles. The summed E-state index contributed by atoms with van der Waals surface area (Å²) in [7, 11) is -0.237. The molecule has 1 aliphatic heterocycles. The van der Waals surface area contributed by atoms with E-state index in [1.54, 1.807) is 7.11 Å². The molecule has 0 aliphatic carbocycles. The average molecular weight is 507 g/mol. The third-order valence-electron chi connectivity index (χ3n) is 6.96. The molecule has 0 bridgehead atoms. The van der Waals surface area contributed by atoms with Crippen molar-refractivity contribution >= 4 is 8.32 Å². The molecular formula is C28H46O6Si. The van der Waals surface area contributed by atoms with Crippen molar-refractivity contribution in [2.24, 2.45) is 5.92 Å². The van der Waals surface area contributed by atoms with Gasteiger partial charge in [-0.3, -0.25) is 0 Å². The predicted molar refractivity (Wildman–Crippen MR) is 142 cm³/mol. The van der Waals surface area contributed by atoms with Crippen LogP contribution in [0.2, 0.25) is 18.1 Å². The van der Waals surface area contributed by atoms with Gasteiger partial charge in [-0.1, -0.05) is 44.7 Å². The van der Waals surface area contributed by atoms with Crippen molar-refractivity contribution in [3.05, 3.63) is 29.8 Å². The van der Waals surface area contributed by atoms with E-state index in [1.165, 1.54) is 0 Å². The highest BCUT2D eigenvalue weighted by Crippen LogP contribution is 2.38. The van der Waals surface area contributed by atoms with Gasteiger partial charge in [0.1, 0.15) is 18.0 Å². The first-order chi connectivity index (χ1) is 16.1. The molecule has 1 heterocycles. The standard InChI is InChI=1S/C28H46O6Si/c1-20(21(2)34-35(9,10)27(3,4)5)11-16-24(29)26-25(32-28(6,7)33-26)17-18-31-19-22-12-14-23(30-8)15-13-22/h12-15,20-21,24-26,29H,17-19H2,1-10H3/t20-,21?,24?,25+,26-/m1/s1. The Morgan fingerprint density at radius 1 is 1.09 bits per heavy atom. The van der Waals surface area contributed by atoms with E-state index in [9.17, 15) is 5.11 Å². The maximum atomic E-state index is 10.9. The van der Waals surface area contributed by atoms with Crippen LogP contribution in [-0.2, 0) is 25.2 Å². The van der Waals surface area contributed by atoms with Crippen LogP contribution in [0.5, 0.6) is 5.75 Å². The molecule has 5 atom stereocenters. The Bertz CT molecular complexity index is 849. The lowest BCUT2D eigenvalue weighted by Crippen LogP contribution is -2.44. The van der Waals surface area contributed by atoms with E-state index in [1.807, 2.05) is 45.0 Å². The molecule has 35 heavy (non-hydrogen) atoms. The summed E-state index contributed by atoms with van der Waals surface area (Å²) >= 11 is 0. The van der Waals surface area contributed by atoms with Gasteiger partial charge in [0.15, 0.2) is 14.1 Å². The fourth-order valence-electron chi connectivity index (χ4n) is 3.63. The molecule has 1 N–H and O–H groups in total. The van der Waals surface area contributed by atoms with E-state index >= 15 is 0 Å². The third-order valence-corrected chi connectivity index (χ3v) is 11.5. The second-order valence-electron chi connectivity index (χ2n) is 11.4. The highest BCUT2D eigenvalue weighted by atomic mass is 28.4. The van der Waals surface area contributed by atoms with Crippen LogP contribution in [0.3, 0.4) is 0 Å². The van der Waals surface area contributed by atoms with E-state index in [2.05, 4.69) is 52.6 Å². The molecule has 0 saturated carbocycles. The summed E-state index contributed by atoms with van der Waals surface area (Å²) in [5.74, 6) is 6.23. The lowest BCUT2D eigenvalue weighted by atomic mass is 10.0. The molecule has 1 saturated heterocycles. The minimum Gasteiger partial charge on any atom is -0.497 e. The van der Waals surface area contributed by atoms with E-state index in [-0.39, 0.29) is 23.2 Å². The number of rotatable bonds is 10. The Labute approximate surface area is 213 Å². The van der Waals surface area contributed by atoms with Crippen molar-refractivity contribution in [3.63, 3.8) is 0 Å². The Morgan fingerprint density at radius 2 is 1.71 bits per heavy atom. The van der Waals surface area contributed by atoms with E-state index in [4.69, 9.17) is 23.4 Å². The topological polar surface area (TPSA) is 66.4 Å². The number of ether oxygens (including phenoxy) is 4. The van der Waals surface area contributed by atoms with Gasteiger partial charge in [-0.05, 0) is 69.9 Å². The number of aliphatic hydroxyl groups is 1. The third kappa shape index (κ3) is 8.89. The van der Waals surface area contributed by atoms with Crippen molar-refractivity contribution < 1.29 is 28.5 Å². The van der Waals surface area contributed by atoms with Crippen LogP contribution in [0.15, 0.2) is 24.3 Å². The second kappa shape index (κ2) is 12.2. The summed E-state index contributed by atoms with van der Waals surface area (Å²) in [6.07, 6.45) is -1.21. The van der Waals surface area contributed by atoms with Crippen LogP contribution in [0, 0.1) is 17.8 Å². The number of aliphatic hydroxyl groups excluding tert-OH is 1. The van der Waals surface area contributed by atoms with Gasteiger partial charge in [0.05, 0.1) is 25.9 Å². The molecular weight excluding hydrogens is 460 g/mol. The highest BCUT2D eigenvalue weighted by molar-refractivity contribution is 6.74. The number of methoxy groups -OCH3 is 1. The summed E-state index contributed by atoms with van der Waals surface area (Å²) in [6, 6.07) is 7.80. The highest BCUT2D eigenvalue weighted by Gasteiger charge is 2.44. The van der Waals surface area contributed by atoms with E-state index in [0.717, 1.165) is 11.3 Å². The normalized spacial score (nSPS) is 22.7. The lowest BCUT2D eigenvalue weighted by molar-refractivity contribution is -0.153. The Hall–Kier alpha value is -1.40. The molecule has 0 aromatic heterocycles. The predicted octanol–water partition coefficient (Wildman–Crippen LogP) is 5.53. The summed E-state index contributed by atoms with van der Waals surface area (Å²) in [6.45, 7) is 20.0. The van der Waals surface area contributed by atoms with Gasteiger partial charge in [-0.25, -0.2) is 0 Å². The maximum Gasteiger partial charge on any atom is 0.192 e. The van der Waals surface area contributed by atoms with Gasteiger partial charge in [-0.15, -0.1) is 0 Å². The van der Waals surface area contributed by atoms with Gasteiger partial charge < -0.3 is 28.5 Å². The summed E-state index contributed by atoms with van der Waals surface area (Å²) < 4.78 is 29.6. The molecule has 6 nitrogen and oxygen atoms in total. The Morgan fingerprint density at radius 3 is 2.29 bits per heavy atom. The quantitative estimate of drug-likeness (QED) is 0.256. The molecule has 198 valence electrons. The van der Waals surface area contributed by atoms with Gasteiger partial charge in [0, 0.05) is 12.5 Å². The molecule has 0 spiro atoms. The van der Waals surface area contributed by atoms with Crippen molar-refractivity contribution in [2.45, 2.75) is 110 Å². The van der Waals surface area contributed by atoms with Crippen LogP contribution in [-0.4, -0.2) is 57.3 Å². The molecule has 1 fully saturated rings. The van der Waals surface area contributed by atoms with Crippen LogP contribution in [0.4, 0.5) is 0 Å². The zero-order valence-electron chi connectivity index (χ0n) is 23.3. The van der Waals surface area contributed by atoms with Crippen LogP contribution in [0.25, 0.3) is 0 Å². The summed E-state index contributed by atoms with van der Waals surface area (Å²) in [5, 5.41) is 11.0. The van der Waals surface area contributed by atoms with Gasteiger partial charge >= 0.3 is 0 Å². The Kier molecular flexibility index (Phi) is 10.4. The first kappa shape index (κ1) is 29.8. The minimum atomic E-state index is -1.89. The number of hydrogen-bond donors (Lipinski definition) is 1. The Balaban J connectivity index is 1.92. The molecule has 0 radical (unpaired) electrons. The first-order valence-corrected chi connectivity index (χ1v) is 15.5. The molecule has 1 aromatic rings. The lowest BCUT2D eigenvalue weighted by Gasteiger charge is -2.39. The molecule has 2 unspecified atom stereocenters. The van der Waals surface area contributed by atoms with Gasteiger partial charge in [-0.2, -0.15) is 0 Å². The van der Waals surface area contributed by atoms with Crippen molar-refractivity contribution in [2.75, 3.05) is 13.7 Å². The second-order valence-corrected chi connectivity index (χ2v) is 16.2. The fraction of sp³-hybridized carbons (Fsp3) is 0.714. The van der Waals surface area contributed by atoms with Crippen LogP contribution >= 0.6 is 0 Å². The van der Waals surface area contributed by atoms with E-state index in [0.29, 0.717) is 19.6 Å². The summed E-state index contributed by atoms with van der Waals surface area (Å²) in [5.41, 5.74) is 1.07. The first-order valence-electron chi connectivity index (χ1n) is 12.6. The van der Waals surface area contributed by atoms with Crippen LogP contribution in [0.1, 0.15) is 60.5 Å². The van der Waals surface area contributed by atoms with E-state index < -0.39 is 26.3 Å². The van der Waals surface area contributed by atoms with Crippen molar-refractivity contribution in [3.8, 4) is 17.6 Å². The number of benzene rings is 1. The SMILES string of the molecule is COc1ccc(COCC[C@@H]2OC(C)(C)O[C@@H]2C(O)C#C[C@@H](C)C(C)O[Si](C)(C)C(C)(C)C)cc1. The molecule has 0 amide bonds. The van der Waals surface area contributed by atoms with Crippen LogP contribution < -0.4 is 4.74 Å². The molecule has 1 aliphatic rings.